The van der Waals surface area contributed by atoms with Gasteiger partial charge in [0.15, 0.2) is 5.82 Å². The quantitative estimate of drug-likeness (QED) is 0.419. The van der Waals surface area contributed by atoms with Crippen LogP contribution >= 0.6 is 11.9 Å². The molecular formula is C23H29F3N8S. The highest BCUT2D eigenvalue weighted by atomic mass is 32.2. The molecule has 3 heterocycles. The van der Waals surface area contributed by atoms with Gasteiger partial charge in [0.25, 0.3) is 0 Å². The molecule has 188 valence electrons. The number of nitrogens with zero attached hydrogens (tertiary/aromatic N) is 6. The lowest BCUT2D eigenvalue weighted by atomic mass is 10.1. The molecule has 0 atom stereocenters. The van der Waals surface area contributed by atoms with Gasteiger partial charge in [-0.2, -0.15) is 13.2 Å². The summed E-state index contributed by atoms with van der Waals surface area (Å²) < 4.78 is 40.1. The molecule has 0 radical (unpaired) electrons. The lowest BCUT2D eigenvalue weighted by Gasteiger charge is -2.32. The average molecular weight is 507 g/mol. The standard InChI is InChI=1S/C23H29F3N8S/c1-16-3-4-18(32-35-12-5-23(24,25)26)13-17(16)14-29-21-20-19(27-6-7-28-21)15-30-22(31-20)34-10-8-33(2)9-11-34/h3-4,7,13,15,29,32H,5-6,8-12,14H2,1-2H3. The van der Waals surface area contributed by atoms with E-state index in [9.17, 15) is 13.2 Å². The smallest absolute Gasteiger partial charge is 0.364 e. The molecule has 2 aromatic rings. The van der Waals surface area contributed by atoms with Crippen LogP contribution in [0, 0.1) is 6.92 Å². The molecular weight excluding hydrogens is 477 g/mol. The van der Waals surface area contributed by atoms with E-state index in [0.717, 1.165) is 54.9 Å². The fourth-order valence-corrected chi connectivity index (χ4v) is 4.41. The van der Waals surface area contributed by atoms with Gasteiger partial charge in [-0.3, -0.25) is 4.99 Å². The number of halogens is 3. The first-order valence-corrected chi connectivity index (χ1v) is 12.4. The summed E-state index contributed by atoms with van der Waals surface area (Å²) in [7, 11) is 2.10. The van der Waals surface area contributed by atoms with Gasteiger partial charge in [0.1, 0.15) is 10.7 Å². The van der Waals surface area contributed by atoms with E-state index in [2.05, 4.69) is 41.9 Å². The number of likely N-dealkylation sites (N-methyl/N-ethyl adjacent to an activating group) is 1. The summed E-state index contributed by atoms with van der Waals surface area (Å²) in [5, 5.41) is 4.74. The van der Waals surface area contributed by atoms with Gasteiger partial charge in [0, 0.05) is 50.4 Å². The first-order valence-electron chi connectivity index (χ1n) is 11.4. The maximum Gasteiger partial charge on any atom is 0.389 e. The zero-order valence-corrected chi connectivity index (χ0v) is 20.6. The fraction of sp³-hybridized carbons (Fsp3) is 0.478. The minimum atomic E-state index is -4.15. The number of aryl methyl sites for hydroxylation is 1. The molecule has 0 bridgehead atoms. The topological polar surface area (TPSA) is 81.0 Å². The summed E-state index contributed by atoms with van der Waals surface area (Å²) >= 11 is 1.05. The Morgan fingerprint density at radius 2 is 1.94 bits per heavy atom. The predicted octanol–water partition coefficient (Wildman–Crippen LogP) is 2.11. The van der Waals surface area contributed by atoms with Gasteiger partial charge in [-0.05, 0) is 37.2 Å². The highest BCUT2D eigenvalue weighted by molar-refractivity contribution is 8.00. The van der Waals surface area contributed by atoms with E-state index in [1.165, 1.54) is 0 Å². The number of hydrogen-bond donors (Lipinski definition) is 2. The van der Waals surface area contributed by atoms with Crippen molar-refractivity contribution in [1.82, 2.24) is 20.2 Å². The van der Waals surface area contributed by atoms with E-state index in [1.54, 1.807) is 12.4 Å². The van der Waals surface area contributed by atoms with Crippen LogP contribution in [0.15, 0.2) is 34.4 Å². The number of alkyl halides is 3. The van der Waals surface area contributed by atoms with E-state index < -0.39 is 12.6 Å². The third-order valence-corrected chi connectivity index (χ3v) is 6.59. The van der Waals surface area contributed by atoms with Crippen LogP contribution in [-0.2, 0) is 6.54 Å². The SMILES string of the molecule is Cc1ccc(NSCCC(F)(F)F)cc1CNC1=c2nc(N3CCN(C)CC3)ncc2=NCC=N1. The van der Waals surface area contributed by atoms with Gasteiger partial charge in [-0.25, -0.2) is 15.0 Å². The van der Waals surface area contributed by atoms with Crippen molar-refractivity contribution in [2.75, 3.05) is 55.1 Å². The van der Waals surface area contributed by atoms with E-state index in [4.69, 9.17) is 4.98 Å². The van der Waals surface area contributed by atoms with Gasteiger partial charge in [0.05, 0.1) is 19.2 Å². The molecule has 35 heavy (non-hydrogen) atoms. The molecule has 0 amide bonds. The fourth-order valence-electron chi connectivity index (χ4n) is 3.68. The van der Waals surface area contributed by atoms with Crippen molar-refractivity contribution in [3.05, 3.63) is 46.2 Å². The van der Waals surface area contributed by atoms with E-state index in [0.29, 0.717) is 35.6 Å². The van der Waals surface area contributed by atoms with Crippen molar-refractivity contribution in [3.63, 3.8) is 0 Å². The monoisotopic (exact) mass is 506 g/mol. The first kappa shape index (κ1) is 25.2. The van der Waals surface area contributed by atoms with Crippen LogP contribution in [-0.4, -0.2) is 72.8 Å². The van der Waals surface area contributed by atoms with Gasteiger partial charge in [0.2, 0.25) is 5.95 Å². The number of fused-ring (bicyclic) bond motifs is 1. The lowest BCUT2D eigenvalue weighted by Crippen LogP contribution is -2.46. The maximum atomic E-state index is 12.4. The van der Waals surface area contributed by atoms with Crippen LogP contribution < -0.4 is 25.6 Å². The normalized spacial score (nSPS) is 16.5. The van der Waals surface area contributed by atoms with E-state index >= 15 is 0 Å². The molecule has 0 aliphatic carbocycles. The molecule has 1 saturated heterocycles. The molecule has 4 rings (SSSR count). The van der Waals surface area contributed by atoms with Crippen molar-refractivity contribution >= 4 is 35.6 Å². The van der Waals surface area contributed by atoms with Crippen molar-refractivity contribution < 1.29 is 13.2 Å². The molecule has 1 aromatic heterocycles. The van der Waals surface area contributed by atoms with Crippen LogP contribution in [0.4, 0.5) is 24.8 Å². The third-order valence-electron chi connectivity index (χ3n) is 5.80. The van der Waals surface area contributed by atoms with Crippen LogP contribution in [0.3, 0.4) is 0 Å². The average Bonchev–Trinajstić information content (AvgIpc) is 3.03. The lowest BCUT2D eigenvalue weighted by molar-refractivity contribution is -0.129. The van der Waals surface area contributed by atoms with Crippen LogP contribution in [0.2, 0.25) is 0 Å². The van der Waals surface area contributed by atoms with E-state index in [-0.39, 0.29) is 5.75 Å². The molecule has 0 saturated carbocycles. The van der Waals surface area contributed by atoms with Crippen LogP contribution in [0.5, 0.6) is 0 Å². The molecule has 0 unspecified atom stereocenters. The minimum absolute atomic E-state index is 0.0484. The zero-order chi connectivity index (χ0) is 24.8. The molecule has 2 aliphatic heterocycles. The molecule has 1 aromatic carbocycles. The molecule has 2 aliphatic rings. The second-order valence-electron chi connectivity index (χ2n) is 8.51. The second kappa shape index (κ2) is 11.3. The Morgan fingerprint density at radius 3 is 2.71 bits per heavy atom. The number of nitrogens with one attached hydrogen (secondary N) is 2. The Morgan fingerprint density at radius 1 is 1.14 bits per heavy atom. The van der Waals surface area contributed by atoms with Crippen molar-refractivity contribution in [3.8, 4) is 0 Å². The largest absolute Gasteiger partial charge is 0.389 e. The van der Waals surface area contributed by atoms with Crippen molar-refractivity contribution in [2.45, 2.75) is 26.1 Å². The maximum absolute atomic E-state index is 12.4. The Labute approximate surface area is 206 Å². The van der Waals surface area contributed by atoms with Crippen LogP contribution in [0.25, 0.3) is 5.82 Å². The summed E-state index contributed by atoms with van der Waals surface area (Å²) in [5.74, 6) is 1.24. The Balaban J connectivity index is 1.50. The minimum Gasteiger partial charge on any atom is -0.364 e. The van der Waals surface area contributed by atoms with Gasteiger partial charge < -0.3 is 19.8 Å². The number of piperazine rings is 1. The Bertz CT molecular complexity index is 1180. The van der Waals surface area contributed by atoms with Crippen molar-refractivity contribution in [2.24, 2.45) is 9.98 Å². The molecule has 1 fully saturated rings. The Hall–Kier alpha value is -2.86. The van der Waals surface area contributed by atoms with Gasteiger partial charge in [-0.15, -0.1) is 0 Å². The van der Waals surface area contributed by atoms with Crippen LogP contribution in [0.1, 0.15) is 17.5 Å². The van der Waals surface area contributed by atoms with E-state index in [1.807, 2.05) is 25.1 Å². The summed E-state index contributed by atoms with van der Waals surface area (Å²) in [6, 6.07) is 5.74. The highest BCUT2D eigenvalue weighted by Crippen LogP contribution is 2.24. The second-order valence-corrected chi connectivity index (χ2v) is 9.41. The molecule has 12 heteroatoms. The third kappa shape index (κ3) is 7.07. The number of anilines is 2. The Kier molecular flexibility index (Phi) is 8.11. The summed E-state index contributed by atoms with van der Waals surface area (Å²) in [6.07, 6.45) is -1.49. The summed E-state index contributed by atoms with van der Waals surface area (Å²) in [6.45, 7) is 6.55. The van der Waals surface area contributed by atoms with Gasteiger partial charge in [-0.1, -0.05) is 18.0 Å². The number of hydrogen-bond acceptors (Lipinski definition) is 9. The van der Waals surface area contributed by atoms with Gasteiger partial charge >= 0.3 is 6.18 Å². The molecule has 0 spiro atoms. The summed E-state index contributed by atoms with van der Waals surface area (Å²) in [4.78, 5) is 22.9. The molecule has 8 nitrogen and oxygen atoms in total. The first-order chi connectivity index (χ1) is 16.8. The molecule has 2 N–H and O–H groups in total. The summed E-state index contributed by atoms with van der Waals surface area (Å²) in [5.41, 5.74) is 2.82. The van der Waals surface area contributed by atoms with Crippen molar-refractivity contribution in [1.29, 1.82) is 0 Å². The highest BCUT2D eigenvalue weighted by Gasteiger charge is 2.26. The zero-order valence-electron chi connectivity index (χ0n) is 19.8. The number of benzene rings is 1. The number of aliphatic imine (C=N–C) groups is 1. The number of aromatic nitrogens is 2. The predicted molar refractivity (Wildman–Crippen MR) is 134 cm³/mol. The number of rotatable bonds is 8.